The van der Waals surface area contributed by atoms with Gasteiger partial charge in [-0.15, -0.1) is 0 Å². The van der Waals surface area contributed by atoms with E-state index in [9.17, 15) is 0 Å². The summed E-state index contributed by atoms with van der Waals surface area (Å²) in [5.74, 6) is 3.75. The van der Waals surface area contributed by atoms with Crippen LogP contribution in [0.2, 0.25) is 0 Å². The Bertz CT molecular complexity index is 2850. The van der Waals surface area contributed by atoms with Crippen LogP contribution in [0.5, 0.6) is 11.5 Å². The molecule has 9 aromatic rings. The third-order valence-corrected chi connectivity index (χ3v) is 10.9. The molecule has 0 bridgehead atoms. The molecular formula is C52H37N3O. The van der Waals surface area contributed by atoms with Crippen LogP contribution in [-0.2, 0) is 5.41 Å². The molecule has 0 amide bonds. The zero-order valence-corrected chi connectivity index (χ0v) is 31.1. The number of aromatic nitrogens is 3. The Kier molecular flexibility index (Phi) is 8.11. The van der Waals surface area contributed by atoms with E-state index in [4.69, 9.17) is 19.7 Å². The van der Waals surface area contributed by atoms with Gasteiger partial charge in [-0.05, 0) is 75.2 Å². The normalized spacial score (nSPS) is 12.8. The van der Waals surface area contributed by atoms with Gasteiger partial charge in [-0.3, -0.25) is 0 Å². The SMILES string of the molecule is CC1(C)c2cc(-c3cccc(-c4cc(-c5ccccc5)cc(-c5nc(-c6ccccc6)nc(-c6ccccc6)n5)c4)c3)ccc2Oc2c1ccc1ccccc21. The van der Waals surface area contributed by atoms with Crippen molar-refractivity contribution in [3.05, 3.63) is 199 Å². The molecule has 1 aliphatic rings. The first-order valence-electron chi connectivity index (χ1n) is 19.0. The molecule has 0 radical (unpaired) electrons. The number of rotatable bonds is 6. The van der Waals surface area contributed by atoms with E-state index >= 15 is 0 Å². The van der Waals surface area contributed by atoms with Gasteiger partial charge in [0.1, 0.15) is 11.5 Å². The van der Waals surface area contributed by atoms with Crippen molar-refractivity contribution in [3.8, 4) is 79.0 Å². The Labute approximate surface area is 326 Å². The Balaban J connectivity index is 1.09. The maximum Gasteiger partial charge on any atom is 0.164 e. The van der Waals surface area contributed by atoms with Crippen molar-refractivity contribution in [2.45, 2.75) is 19.3 Å². The van der Waals surface area contributed by atoms with Gasteiger partial charge >= 0.3 is 0 Å². The summed E-state index contributed by atoms with van der Waals surface area (Å²) in [5, 5.41) is 2.32. The highest BCUT2D eigenvalue weighted by Gasteiger charge is 2.35. The van der Waals surface area contributed by atoms with E-state index in [1.165, 1.54) is 16.5 Å². The summed E-state index contributed by atoms with van der Waals surface area (Å²) in [5.41, 5.74) is 11.6. The quantitative estimate of drug-likeness (QED) is 0.172. The third-order valence-electron chi connectivity index (χ3n) is 10.9. The number of hydrogen-bond acceptors (Lipinski definition) is 4. The average Bonchev–Trinajstić information content (AvgIpc) is 3.27. The van der Waals surface area contributed by atoms with Crippen LogP contribution in [0, 0.1) is 0 Å². The molecule has 10 rings (SSSR count). The van der Waals surface area contributed by atoms with Crippen molar-refractivity contribution in [1.82, 2.24) is 15.0 Å². The van der Waals surface area contributed by atoms with Crippen molar-refractivity contribution < 1.29 is 4.74 Å². The third kappa shape index (κ3) is 6.02. The molecule has 4 heteroatoms. The van der Waals surface area contributed by atoms with Crippen LogP contribution < -0.4 is 4.74 Å². The lowest BCUT2D eigenvalue weighted by atomic mass is 9.74. The summed E-state index contributed by atoms with van der Waals surface area (Å²) in [6, 6.07) is 65.7. The number of hydrogen-bond donors (Lipinski definition) is 0. The van der Waals surface area contributed by atoms with Gasteiger partial charge in [0, 0.05) is 38.6 Å². The van der Waals surface area contributed by atoms with Gasteiger partial charge in [-0.2, -0.15) is 0 Å². The van der Waals surface area contributed by atoms with E-state index in [-0.39, 0.29) is 5.41 Å². The van der Waals surface area contributed by atoms with Gasteiger partial charge in [0.2, 0.25) is 0 Å². The molecule has 0 saturated heterocycles. The van der Waals surface area contributed by atoms with Gasteiger partial charge in [0.25, 0.3) is 0 Å². The monoisotopic (exact) mass is 719 g/mol. The van der Waals surface area contributed by atoms with E-state index < -0.39 is 0 Å². The Hall–Kier alpha value is -7.17. The van der Waals surface area contributed by atoms with E-state index in [2.05, 4.69) is 135 Å². The highest BCUT2D eigenvalue weighted by Crippen LogP contribution is 2.51. The van der Waals surface area contributed by atoms with Crippen LogP contribution in [0.25, 0.3) is 78.3 Å². The standard InChI is InChI=1S/C52H37N3O/c1-52(2)45-27-25-35-17-12-13-24-44(35)48(45)56-47-28-26-40(33-46(47)52)38-22-14-23-39(29-38)42-30-41(34-15-6-3-7-16-34)31-43(32-42)51-54-49(36-18-8-4-9-19-36)53-50(55-51)37-20-10-5-11-21-37/h3-33H,1-2H3. The molecular weight excluding hydrogens is 683 g/mol. The van der Waals surface area contributed by atoms with Gasteiger partial charge in [-0.1, -0.05) is 166 Å². The number of nitrogens with zero attached hydrogens (tertiary/aromatic N) is 3. The fraction of sp³-hybridized carbons (Fsp3) is 0.0577. The van der Waals surface area contributed by atoms with Crippen molar-refractivity contribution in [2.24, 2.45) is 0 Å². The van der Waals surface area contributed by atoms with E-state index in [0.717, 1.165) is 67.0 Å². The topological polar surface area (TPSA) is 47.9 Å². The lowest BCUT2D eigenvalue weighted by Crippen LogP contribution is -2.24. The summed E-state index contributed by atoms with van der Waals surface area (Å²) >= 11 is 0. The Morgan fingerprint density at radius 2 is 0.839 bits per heavy atom. The average molecular weight is 720 g/mol. The zero-order valence-electron chi connectivity index (χ0n) is 31.1. The molecule has 2 heterocycles. The molecule has 0 unspecified atom stereocenters. The lowest BCUT2D eigenvalue weighted by molar-refractivity contribution is 0.423. The van der Waals surface area contributed by atoms with Crippen LogP contribution >= 0.6 is 0 Å². The van der Waals surface area contributed by atoms with Gasteiger partial charge in [0.05, 0.1) is 0 Å². The lowest BCUT2D eigenvalue weighted by Gasteiger charge is -2.35. The zero-order chi connectivity index (χ0) is 37.6. The summed E-state index contributed by atoms with van der Waals surface area (Å²) in [7, 11) is 0. The summed E-state index contributed by atoms with van der Waals surface area (Å²) in [4.78, 5) is 15.1. The molecule has 1 aromatic heterocycles. The fourth-order valence-electron chi connectivity index (χ4n) is 7.92. The number of ether oxygens (including phenoxy) is 1. The Morgan fingerprint density at radius 3 is 1.50 bits per heavy atom. The molecule has 0 fully saturated rings. The van der Waals surface area contributed by atoms with E-state index in [1.807, 2.05) is 66.7 Å². The first-order chi connectivity index (χ1) is 27.5. The van der Waals surface area contributed by atoms with Crippen LogP contribution in [0.1, 0.15) is 25.0 Å². The molecule has 1 aliphatic heterocycles. The van der Waals surface area contributed by atoms with Crippen LogP contribution in [0.15, 0.2) is 188 Å². The number of benzene rings is 8. The maximum atomic E-state index is 6.68. The second-order valence-electron chi connectivity index (χ2n) is 14.9. The molecule has 0 aliphatic carbocycles. The van der Waals surface area contributed by atoms with Crippen molar-refractivity contribution in [3.63, 3.8) is 0 Å². The summed E-state index contributed by atoms with van der Waals surface area (Å²) in [6.45, 7) is 4.60. The van der Waals surface area contributed by atoms with E-state index in [0.29, 0.717) is 17.5 Å². The number of fused-ring (bicyclic) bond motifs is 4. The largest absolute Gasteiger partial charge is 0.456 e. The molecule has 4 nitrogen and oxygen atoms in total. The Morgan fingerprint density at radius 1 is 0.357 bits per heavy atom. The molecule has 56 heavy (non-hydrogen) atoms. The second-order valence-corrected chi connectivity index (χ2v) is 14.9. The van der Waals surface area contributed by atoms with Crippen LogP contribution in [-0.4, -0.2) is 15.0 Å². The molecule has 0 N–H and O–H groups in total. The predicted octanol–water partition coefficient (Wildman–Crippen LogP) is 13.5. The van der Waals surface area contributed by atoms with E-state index in [1.54, 1.807) is 0 Å². The van der Waals surface area contributed by atoms with Crippen LogP contribution in [0.4, 0.5) is 0 Å². The minimum Gasteiger partial charge on any atom is -0.456 e. The minimum atomic E-state index is -0.249. The van der Waals surface area contributed by atoms with Crippen LogP contribution in [0.3, 0.4) is 0 Å². The molecule has 0 spiro atoms. The minimum absolute atomic E-state index is 0.249. The summed E-state index contributed by atoms with van der Waals surface area (Å²) < 4.78 is 6.68. The first kappa shape index (κ1) is 33.4. The first-order valence-corrected chi connectivity index (χ1v) is 19.0. The fourth-order valence-corrected chi connectivity index (χ4v) is 7.92. The second kappa shape index (κ2) is 13.6. The summed E-state index contributed by atoms with van der Waals surface area (Å²) in [6.07, 6.45) is 0. The van der Waals surface area contributed by atoms with Gasteiger partial charge in [-0.25, -0.2) is 15.0 Å². The molecule has 266 valence electrons. The molecule has 8 aromatic carbocycles. The van der Waals surface area contributed by atoms with Gasteiger partial charge < -0.3 is 4.74 Å². The highest BCUT2D eigenvalue weighted by molar-refractivity contribution is 5.91. The highest BCUT2D eigenvalue weighted by atomic mass is 16.5. The maximum absolute atomic E-state index is 6.68. The van der Waals surface area contributed by atoms with Gasteiger partial charge in [0.15, 0.2) is 17.5 Å². The van der Waals surface area contributed by atoms with Crippen molar-refractivity contribution in [2.75, 3.05) is 0 Å². The molecule has 0 atom stereocenters. The van der Waals surface area contributed by atoms with Crippen molar-refractivity contribution in [1.29, 1.82) is 0 Å². The van der Waals surface area contributed by atoms with Crippen molar-refractivity contribution >= 4 is 10.8 Å². The predicted molar refractivity (Wildman–Crippen MR) is 229 cm³/mol. The smallest absolute Gasteiger partial charge is 0.164 e. The molecule has 0 saturated carbocycles.